The molecule has 0 aliphatic rings. The number of carbonyl (C=O) groups is 2. The highest BCUT2D eigenvalue weighted by Gasteiger charge is 2.05. The van der Waals surface area contributed by atoms with Gasteiger partial charge in [0.15, 0.2) is 0 Å². The quantitative estimate of drug-likeness (QED) is 0.497. The number of carboxylic acids is 1. The number of nitrogens with one attached hydrogen (secondary N) is 2. The predicted molar refractivity (Wildman–Crippen MR) is 97.7 cm³/mol. The zero-order valence-electron chi connectivity index (χ0n) is 13.5. The van der Waals surface area contributed by atoms with Crippen molar-refractivity contribution in [1.82, 2.24) is 9.97 Å². The van der Waals surface area contributed by atoms with E-state index >= 15 is 0 Å². The van der Waals surface area contributed by atoms with E-state index in [1.165, 1.54) is 0 Å². The number of hydrogen-bond acceptors (Lipinski definition) is 2. The lowest BCUT2D eigenvalue weighted by Gasteiger charge is -1.92. The molecular formula is C20H18N2O3. The van der Waals surface area contributed by atoms with Crippen molar-refractivity contribution < 1.29 is 14.7 Å². The maximum absolute atomic E-state index is 10.5. The van der Waals surface area contributed by atoms with Crippen LogP contribution < -0.4 is 0 Å². The number of aldehydes is 1. The van der Waals surface area contributed by atoms with Gasteiger partial charge in [0.1, 0.15) is 6.29 Å². The average Bonchev–Trinajstić information content (AvgIpc) is 3.21. The number of carbonyl (C=O) groups excluding carboxylic acids is 1. The average molecular weight is 334 g/mol. The molecule has 0 radical (unpaired) electrons. The van der Waals surface area contributed by atoms with Gasteiger partial charge in [-0.3, -0.25) is 4.79 Å². The Bertz CT molecular complexity index is 1010. The SMILES string of the molecule is O=C(O)Cc1c[nH]c2ccccc12.O=CCc1c[nH]c2ccccc12. The van der Waals surface area contributed by atoms with Gasteiger partial charge in [-0.15, -0.1) is 0 Å². The molecule has 0 bridgehead atoms. The molecule has 0 aliphatic carbocycles. The number of aliphatic carboxylic acids is 1. The Morgan fingerprint density at radius 1 is 0.880 bits per heavy atom. The Hall–Kier alpha value is -3.34. The number of H-pyrrole nitrogens is 2. The number of hydrogen-bond donors (Lipinski definition) is 3. The van der Waals surface area contributed by atoms with E-state index in [1.807, 2.05) is 54.7 Å². The van der Waals surface area contributed by atoms with Gasteiger partial charge in [0.2, 0.25) is 0 Å². The fourth-order valence-corrected chi connectivity index (χ4v) is 2.83. The van der Waals surface area contributed by atoms with E-state index in [-0.39, 0.29) is 6.42 Å². The van der Waals surface area contributed by atoms with Gasteiger partial charge in [0, 0.05) is 40.6 Å². The first kappa shape index (κ1) is 16.5. The monoisotopic (exact) mass is 334 g/mol. The molecule has 0 amide bonds. The largest absolute Gasteiger partial charge is 0.481 e. The highest BCUT2D eigenvalue weighted by Crippen LogP contribution is 2.18. The van der Waals surface area contributed by atoms with E-state index in [1.54, 1.807) is 6.20 Å². The van der Waals surface area contributed by atoms with Crippen LogP contribution in [0.4, 0.5) is 0 Å². The first-order valence-electron chi connectivity index (χ1n) is 7.94. The molecule has 2 heterocycles. The van der Waals surface area contributed by atoms with Gasteiger partial charge < -0.3 is 19.9 Å². The first-order valence-corrected chi connectivity index (χ1v) is 7.94. The fraction of sp³-hybridized carbons (Fsp3) is 0.100. The lowest BCUT2D eigenvalue weighted by molar-refractivity contribution is -0.136. The Labute approximate surface area is 144 Å². The van der Waals surface area contributed by atoms with Crippen molar-refractivity contribution >= 4 is 34.1 Å². The molecule has 2 aromatic heterocycles. The number of fused-ring (bicyclic) bond motifs is 2. The van der Waals surface area contributed by atoms with Gasteiger partial charge >= 0.3 is 5.97 Å². The van der Waals surface area contributed by atoms with Crippen molar-refractivity contribution in [3.8, 4) is 0 Å². The van der Waals surface area contributed by atoms with Crippen LogP contribution >= 0.6 is 0 Å². The summed E-state index contributed by atoms with van der Waals surface area (Å²) in [6.45, 7) is 0. The topological polar surface area (TPSA) is 85.9 Å². The van der Waals surface area contributed by atoms with Crippen LogP contribution in [0, 0.1) is 0 Å². The molecule has 0 unspecified atom stereocenters. The number of rotatable bonds is 4. The van der Waals surface area contributed by atoms with E-state index < -0.39 is 5.97 Å². The molecule has 5 nitrogen and oxygen atoms in total. The molecule has 25 heavy (non-hydrogen) atoms. The summed E-state index contributed by atoms with van der Waals surface area (Å²) < 4.78 is 0. The van der Waals surface area contributed by atoms with Gasteiger partial charge in [0.05, 0.1) is 6.42 Å². The zero-order chi connectivity index (χ0) is 17.6. The minimum absolute atomic E-state index is 0.0734. The van der Waals surface area contributed by atoms with Crippen molar-refractivity contribution in [2.45, 2.75) is 12.8 Å². The molecule has 0 saturated carbocycles. The lowest BCUT2D eigenvalue weighted by Crippen LogP contribution is -1.98. The minimum Gasteiger partial charge on any atom is -0.481 e. The van der Waals surface area contributed by atoms with E-state index in [9.17, 15) is 9.59 Å². The molecule has 0 saturated heterocycles. The molecule has 4 aromatic rings. The molecule has 0 fully saturated rings. The number of aromatic nitrogens is 2. The second kappa shape index (κ2) is 7.49. The smallest absolute Gasteiger partial charge is 0.307 e. The molecular weight excluding hydrogens is 316 g/mol. The first-order chi connectivity index (χ1) is 12.2. The van der Waals surface area contributed by atoms with Gasteiger partial charge in [-0.05, 0) is 23.3 Å². The maximum atomic E-state index is 10.5. The Morgan fingerprint density at radius 2 is 1.40 bits per heavy atom. The van der Waals surface area contributed by atoms with E-state index in [0.29, 0.717) is 6.42 Å². The van der Waals surface area contributed by atoms with Crippen LogP contribution in [-0.4, -0.2) is 27.3 Å². The van der Waals surface area contributed by atoms with Gasteiger partial charge in [-0.1, -0.05) is 36.4 Å². The number of carboxylic acid groups (broad SMARTS) is 1. The second-order valence-electron chi connectivity index (χ2n) is 5.66. The summed E-state index contributed by atoms with van der Waals surface area (Å²) in [5, 5.41) is 10.8. The molecule has 0 atom stereocenters. The summed E-state index contributed by atoms with van der Waals surface area (Å²) in [5.41, 5.74) is 3.98. The van der Waals surface area contributed by atoms with Crippen molar-refractivity contribution in [3.05, 3.63) is 72.1 Å². The van der Waals surface area contributed by atoms with Crippen molar-refractivity contribution in [3.63, 3.8) is 0 Å². The third-order valence-corrected chi connectivity index (χ3v) is 3.99. The molecule has 0 aliphatic heterocycles. The third-order valence-electron chi connectivity index (χ3n) is 3.99. The van der Waals surface area contributed by atoms with Gasteiger partial charge in [-0.2, -0.15) is 0 Å². The van der Waals surface area contributed by atoms with Crippen LogP contribution in [0.25, 0.3) is 21.8 Å². The van der Waals surface area contributed by atoms with Crippen LogP contribution in [0.3, 0.4) is 0 Å². The summed E-state index contributed by atoms with van der Waals surface area (Å²) >= 11 is 0. The highest BCUT2D eigenvalue weighted by atomic mass is 16.4. The number of aromatic amines is 2. The van der Waals surface area contributed by atoms with Crippen LogP contribution in [-0.2, 0) is 22.4 Å². The van der Waals surface area contributed by atoms with Crippen LogP contribution in [0.1, 0.15) is 11.1 Å². The molecule has 0 spiro atoms. The third kappa shape index (κ3) is 3.77. The summed E-state index contributed by atoms with van der Waals surface area (Å²) in [6.07, 6.45) is 5.13. The predicted octanol–water partition coefficient (Wildman–Crippen LogP) is 3.70. The summed E-state index contributed by atoms with van der Waals surface area (Å²) in [4.78, 5) is 26.9. The summed E-state index contributed by atoms with van der Waals surface area (Å²) in [6, 6.07) is 15.7. The Balaban J connectivity index is 0.000000146. The van der Waals surface area contributed by atoms with Gasteiger partial charge in [-0.25, -0.2) is 0 Å². The molecule has 5 heteroatoms. The van der Waals surface area contributed by atoms with Crippen molar-refractivity contribution in [1.29, 1.82) is 0 Å². The Kier molecular flexibility index (Phi) is 4.95. The minimum atomic E-state index is -0.801. The number of para-hydroxylation sites is 2. The zero-order valence-corrected chi connectivity index (χ0v) is 13.5. The molecule has 2 aromatic carbocycles. The standard InChI is InChI=1S/C10H9NO2.C10H9NO/c12-10(13)5-7-6-11-9-4-2-1-3-8(7)9;12-6-5-8-7-11-10-4-2-1-3-9(8)10/h1-4,6,11H,5H2,(H,12,13);1-4,6-7,11H,5H2. The van der Waals surface area contributed by atoms with E-state index in [2.05, 4.69) is 9.97 Å². The molecule has 4 rings (SSSR count). The normalized spacial score (nSPS) is 10.4. The fourth-order valence-electron chi connectivity index (χ4n) is 2.83. The van der Waals surface area contributed by atoms with Crippen molar-refractivity contribution in [2.75, 3.05) is 0 Å². The maximum Gasteiger partial charge on any atom is 0.307 e. The summed E-state index contributed by atoms with van der Waals surface area (Å²) in [5.74, 6) is -0.801. The Morgan fingerprint density at radius 3 is 1.96 bits per heavy atom. The van der Waals surface area contributed by atoms with E-state index in [0.717, 1.165) is 39.2 Å². The lowest BCUT2D eigenvalue weighted by atomic mass is 10.1. The highest BCUT2D eigenvalue weighted by molar-refractivity contribution is 5.87. The van der Waals surface area contributed by atoms with Crippen LogP contribution in [0.2, 0.25) is 0 Å². The summed E-state index contributed by atoms with van der Waals surface area (Å²) in [7, 11) is 0. The molecule has 3 N–H and O–H groups in total. The number of benzene rings is 2. The van der Waals surface area contributed by atoms with Gasteiger partial charge in [0.25, 0.3) is 0 Å². The second-order valence-corrected chi connectivity index (χ2v) is 5.66. The van der Waals surface area contributed by atoms with Crippen LogP contribution in [0.15, 0.2) is 60.9 Å². The van der Waals surface area contributed by atoms with E-state index in [4.69, 9.17) is 5.11 Å². The van der Waals surface area contributed by atoms with Crippen LogP contribution in [0.5, 0.6) is 0 Å². The molecule has 126 valence electrons. The van der Waals surface area contributed by atoms with Crippen molar-refractivity contribution in [2.24, 2.45) is 0 Å².